The Labute approximate surface area is 287 Å². The topological polar surface area (TPSA) is 139 Å². The van der Waals surface area contributed by atoms with E-state index >= 15 is 22.0 Å². The molecule has 1 fully saturated rings. The van der Waals surface area contributed by atoms with Crippen molar-refractivity contribution in [3.8, 4) is 29.0 Å². The second-order valence-corrected chi connectivity index (χ2v) is 13.5. The number of likely N-dealkylation sites (tertiary alicyclic amines) is 1. The van der Waals surface area contributed by atoms with E-state index in [4.69, 9.17) is 20.9 Å². The fourth-order valence-corrected chi connectivity index (χ4v) is 8.10. The summed E-state index contributed by atoms with van der Waals surface area (Å²) in [6.07, 6.45) is -2.37. The first-order valence-electron chi connectivity index (χ1n) is 15.8. The van der Waals surface area contributed by atoms with Crippen molar-refractivity contribution in [3.63, 3.8) is 0 Å². The van der Waals surface area contributed by atoms with E-state index in [1.54, 1.807) is 24.0 Å². The van der Waals surface area contributed by atoms with Gasteiger partial charge >= 0.3 is 12.2 Å². The molecule has 4 N–H and O–H groups in total. The lowest BCUT2D eigenvalue weighted by Crippen LogP contribution is -2.38. The number of anilines is 3. The van der Waals surface area contributed by atoms with Crippen LogP contribution in [0.2, 0.25) is 0 Å². The monoisotopic (exact) mass is 710 g/mol. The summed E-state index contributed by atoms with van der Waals surface area (Å²) in [5, 5.41) is 9.21. The van der Waals surface area contributed by atoms with Crippen molar-refractivity contribution < 1.29 is 31.4 Å². The number of fused-ring (bicyclic) bond motifs is 1. The van der Waals surface area contributed by atoms with Crippen molar-refractivity contribution in [2.75, 3.05) is 43.1 Å². The van der Waals surface area contributed by atoms with E-state index in [0.717, 1.165) is 31.5 Å². The molecule has 10 nitrogen and oxygen atoms in total. The molecule has 5 heterocycles. The standard InChI is InChI=1S/C34H31F5N8O2S/c1-15(17-6-4-10-43-30(17)41)47-12-13-48-28-24-27(44-33(45-32(24)47)49-16(2)21-7-5-11-46(21)3)26(36)23(25(28)34(37,38)39)18-8-9-20(35)29-22(18)19(14-40)31(42)50-29/h4,6,8-10,15-16,21H,5,7,11-13,42H2,1-3H3,(H2,41,43)/t15-,16?,21?/m1/s1. The molecule has 0 bridgehead atoms. The van der Waals surface area contributed by atoms with Gasteiger partial charge in [-0.3, -0.25) is 4.90 Å². The Bertz CT molecular complexity index is 2200. The molecule has 16 heteroatoms. The fraction of sp³-hybridized carbons (Fsp3) is 0.353. The molecule has 0 saturated carbocycles. The van der Waals surface area contributed by atoms with Crippen molar-refractivity contribution in [1.82, 2.24) is 19.9 Å². The summed E-state index contributed by atoms with van der Waals surface area (Å²) in [5.74, 6) is -2.77. The summed E-state index contributed by atoms with van der Waals surface area (Å²) in [6.45, 7) is 4.21. The highest BCUT2D eigenvalue weighted by Crippen LogP contribution is 2.54. The van der Waals surface area contributed by atoms with Gasteiger partial charge in [-0.2, -0.15) is 28.4 Å². The predicted octanol–water partition coefficient (Wildman–Crippen LogP) is 7.06. The molecule has 5 aromatic rings. The van der Waals surface area contributed by atoms with Gasteiger partial charge in [-0.05, 0) is 58.0 Å². The van der Waals surface area contributed by atoms with Gasteiger partial charge < -0.3 is 25.8 Å². The molecule has 50 heavy (non-hydrogen) atoms. The summed E-state index contributed by atoms with van der Waals surface area (Å²) in [7, 11) is 1.96. The number of aromatic nitrogens is 3. The number of likely N-dealkylation sites (N-methyl/N-ethyl adjacent to an activating group) is 1. The molecule has 260 valence electrons. The second kappa shape index (κ2) is 12.4. The second-order valence-electron chi connectivity index (χ2n) is 12.4. The zero-order valence-electron chi connectivity index (χ0n) is 27.1. The van der Waals surface area contributed by atoms with Crippen molar-refractivity contribution in [3.05, 3.63) is 58.8 Å². The molecule has 3 aromatic heterocycles. The van der Waals surface area contributed by atoms with E-state index in [2.05, 4.69) is 19.9 Å². The van der Waals surface area contributed by atoms with Gasteiger partial charge in [0.25, 0.3) is 0 Å². The van der Waals surface area contributed by atoms with Crippen LogP contribution in [0.25, 0.3) is 32.1 Å². The van der Waals surface area contributed by atoms with Crippen molar-refractivity contribution >= 4 is 49.0 Å². The minimum atomic E-state index is -5.20. The van der Waals surface area contributed by atoms with E-state index in [1.807, 2.05) is 20.0 Å². The maximum Gasteiger partial charge on any atom is 0.420 e. The number of hydrogen-bond acceptors (Lipinski definition) is 11. The molecule has 3 atom stereocenters. The number of hydrogen-bond donors (Lipinski definition) is 2. The Morgan fingerprint density at radius 1 is 1.12 bits per heavy atom. The molecule has 2 aromatic carbocycles. The maximum absolute atomic E-state index is 17.3. The van der Waals surface area contributed by atoms with Crippen molar-refractivity contribution in [2.24, 2.45) is 0 Å². The minimum Gasteiger partial charge on any atom is -0.490 e. The van der Waals surface area contributed by atoms with Crippen LogP contribution in [0.4, 0.5) is 38.6 Å². The normalized spacial score (nSPS) is 17.8. The first kappa shape index (κ1) is 33.5. The van der Waals surface area contributed by atoms with Crippen molar-refractivity contribution in [1.29, 1.82) is 5.26 Å². The number of nitrogens with two attached hydrogens (primary N) is 2. The molecule has 0 spiro atoms. The number of ether oxygens (including phenoxy) is 2. The molecule has 2 unspecified atom stereocenters. The molecule has 0 aliphatic carbocycles. The number of nitrogen functional groups attached to an aromatic ring is 2. The molecule has 0 radical (unpaired) electrons. The number of pyridine rings is 1. The summed E-state index contributed by atoms with van der Waals surface area (Å²) >= 11 is 0.686. The lowest BCUT2D eigenvalue weighted by Gasteiger charge is -2.31. The summed E-state index contributed by atoms with van der Waals surface area (Å²) < 4.78 is 90.4. The smallest absolute Gasteiger partial charge is 0.420 e. The summed E-state index contributed by atoms with van der Waals surface area (Å²) in [5.41, 5.74) is 9.18. The molecule has 1 saturated heterocycles. The number of nitrogens with zero attached hydrogens (tertiary/aromatic N) is 6. The van der Waals surface area contributed by atoms with Gasteiger partial charge in [0.2, 0.25) is 0 Å². The number of rotatable bonds is 6. The maximum atomic E-state index is 17.3. The highest BCUT2D eigenvalue weighted by atomic mass is 32.1. The van der Waals surface area contributed by atoms with Gasteiger partial charge in [0.05, 0.1) is 28.2 Å². The Balaban J connectivity index is 1.56. The molecular formula is C34H31F5N8O2S. The third kappa shape index (κ3) is 5.35. The van der Waals surface area contributed by atoms with Gasteiger partial charge in [-0.1, -0.05) is 12.1 Å². The SMILES string of the molecule is CC(Oc1nc2c3c(c(C(F)(F)F)c(-c4ccc(F)c5sc(N)c(C#N)c45)c(F)c3n1)OCCN2[C@H](C)c1cccnc1N)C1CCCN1C. The number of halogens is 5. The number of benzene rings is 2. The number of thiophene rings is 1. The Hall–Kier alpha value is -5.01. The zero-order valence-corrected chi connectivity index (χ0v) is 27.9. The third-order valence-electron chi connectivity index (χ3n) is 9.53. The fourth-order valence-electron chi connectivity index (χ4n) is 7.15. The minimum absolute atomic E-state index is 0.00786. The molecule has 7 rings (SSSR count). The van der Waals surface area contributed by atoms with Gasteiger partial charge in [0.15, 0.2) is 5.82 Å². The highest BCUT2D eigenvalue weighted by Gasteiger charge is 2.44. The van der Waals surface area contributed by atoms with E-state index < -0.39 is 57.9 Å². The van der Waals surface area contributed by atoms with Gasteiger partial charge in [0.1, 0.15) is 58.1 Å². The van der Waals surface area contributed by atoms with Gasteiger partial charge in [0, 0.05) is 28.8 Å². The molecule has 0 amide bonds. The van der Waals surface area contributed by atoms with Crippen LogP contribution in [0, 0.1) is 23.0 Å². The largest absolute Gasteiger partial charge is 0.490 e. The van der Waals surface area contributed by atoms with Crippen LogP contribution in [-0.2, 0) is 6.18 Å². The number of nitriles is 1. The Kier molecular flexibility index (Phi) is 8.30. The number of alkyl halides is 3. The van der Waals surface area contributed by atoms with Crippen LogP contribution in [0.15, 0.2) is 30.5 Å². The molecule has 2 aliphatic rings. The first-order valence-corrected chi connectivity index (χ1v) is 16.7. The van der Waals surface area contributed by atoms with Crippen LogP contribution in [0.5, 0.6) is 11.8 Å². The summed E-state index contributed by atoms with van der Waals surface area (Å²) in [6, 6.07) is 6.30. The lowest BCUT2D eigenvalue weighted by atomic mass is 9.91. The average Bonchev–Trinajstić information content (AvgIpc) is 3.60. The van der Waals surface area contributed by atoms with Crippen LogP contribution in [-0.4, -0.2) is 58.7 Å². The van der Waals surface area contributed by atoms with E-state index in [9.17, 15) is 5.26 Å². The van der Waals surface area contributed by atoms with Crippen LogP contribution >= 0.6 is 11.3 Å². The van der Waals surface area contributed by atoms with Gasteiger partial charge in [-0.15, -0.1) is 11.3 Å². The Morgan fingerprint density at radius 3 is 2.58 bits per heavy atom. The zero-order chi connectivity index (χ0) is 35.6. The van der Waals surface area contributed by atoms with Crippen LogP contribution in [0.1, 0.15) is 49.4 Å². The van der Waals surface area contributed by atoms with Crippen LogP contribution in [0.3, 0.4) is 0 Å². The van der Waals surface area contributed by atoms with E-state index in [-0.39, 0.29) is 62.9 Å². The molecule has 2 aliphatic heterocycles. The summed E-state index contributed by atoms with van der Waals surface area (Å²) in [4.78, 5) is 17.0. The average molecular weight is 711 g/mol. The highest BCUT2D eigenvalue weighted by molar-refractivity contribution is 7.23. The molecular weight excluding hydrogens is 679 g/mol. The lowest BCUT2D eigenvalue weighted by molar-refractivity contribution is -0.138. The first-order chi connectivity index (χ1) is 23.8. The Morgan fingerprint density at radius 2 is 1.90 bits per heavy atom. The third-order valence-corrected chi connectivity index (χ3v) is 10.6. The predicted molar refractivity (Wildman–Crippen MR) is 180 cm³/mol. The van der Waals surface area contributed by atoms with Crippen LogP contribution < -0.4 is 25.8 Å². The van der Waals surface area contributed by atoms with Gasteiger partial charge in [-0.25, -0.2) is 13.8 Å². The van der Waals surface area contributed by atoms with E-state index in [0.29, 0.717) is 16.9 Å². The quantitative estimate of drug-likeness (QED) is 0.176. The van der Waals surface area contributed by atoms with Crippen molar-refractivity contribution in [2.45, 2.75) is 51.1 Å². The van der Waals surface area contributed by atoms with E-state index in [1.165, 1.54) is 6.20 Å².